The van der Waals surface area contributed by atoms with E-state index >= 15 is 0 Å². The molecular formula is C27H27NO6S. The van der Waals surface area contributed by atoms with Crippen LogP contribution in [0.5, 0.6) is 11.5 Å². The smallest absolute Gasteiger partial charge is 0.257 e. The Balaban J connectivity index is 1.45. The van der Waals surface area contributed by atoms with E-state index in [1.54, 1.807) is 24.3 Å². The first-order chi connectivity index (χ1) is 16.8. The number of hydrogen-bond donors (Lipinski definition) is 3. The summed E-state index contributed by atoms with van der Waals surface area (Å²) in [5.41, 5.74) is 5.96. The van der Waals surface area contributed by atoms with Crippen LogP contribution in [0.4, 0.5) is 0 Å². The molecule has 2 atom stereocenters. The summed E-state index contributed by atoms with van der Waals surface area (Å²) in [5, 5.41) is 18.5. The molecule has 1 heterocycles. The fourth-order valence-corrected chi connectivity index (χ4v) is 4.86. The molecule has 1 aliphatic rings. The van der Waals surface area contributed by atoms with Crippen LogP contribution >= 0.6 is 0 Å². The Hall–Kier alpha value is -3.46. The molecule has 35 heavy (non-hydrogen) atoms. The van der Waals surface area contributed by atoms with Gasteiger partial charge in [-0.25, -0.2) is 4.21 Å². The molecule has 182 valence electrons. The molecule has 0 radical (unpaired) electrons. The van der Waals surface area contributed by atoms with Crippen molar-refractivity contribution < 1.29 is 28.7 Å². The lowest BCUT2D eigenvalue weighted by atomic mass is 9.94. The summed E-state index contributed by atoms with van der Waals surface area (Å²) < 4.78 is 25.8. The summed E-state index contributed by atoms with van der Waals surface area (Å²) >= 11 is 0. The van der Waals surface area contributed by atoms with E-state index in [0.29, 0.717) is 28.6 Å². The van der Waals surface area contributed by atoms with Gasteiger partial charge in [0, 0.05) is 6.08 Å². The van der Waals surface area contributed by atoms with Crippen molar-refractivity contribution in [1.29, 1.82) is 0 Å². The number of aryl methyl sites for hydroxylation is 2. The monoisotopic (exact) mass is 493 g/mol. The molecule has 3 aromatic carbocycles. The second-order valence-corrected chi connectivity index (χ2v) is 9.52. The number of benzene rings is 3. The second kappa shape index (κ2) is 10.9. The predicted octanol–water partition coefficient (Wildman–Crippen LogP) is 3.42. The molecule has 8 heteroatoms. The van der Waals surface area contributed by atoms with Crippen LogP contribution in [0.1, 0.15) is 22.3 Å². The minimum atomic E-state index is -1.52. The zero-order valence-corrected chi connectivity index (χ0v) is 20.3. The first-order valence-corrected chi connectivity index (χ1v) is 12.3. The molecule has 0 aromatic heterocycles. The standard InChI is InChI=1S/C27H27NO6S/c1-17-10-24(34-16-22(30)14-29)11-18(2)27(17)21-5-3-4-19(12-21)15-33-23-8-6-20(7-9-23)25-13-26(31)28-35(25)32/h3-13,22,29-30H,14-16H2,1-2H3,(H,28,31)/t22-,35?/m1/s1. The van der Waals surface area contributed by atoms with Crippen LogP contribution in [0.15, 0.2) is 66.7 Å². The largest absolute Gasteiger partial charge is 0.491 e. The van der Waals surface area contributed by atoms with Crippen molar-refractivity contribution in [3.63, 3.8) is 0 Å². The Morgan fingerprint density at radius 3 is 2.29 bits per heavy atom. The minimum absolute atomic E-state index is 0.0347. The number of rotatable bonds is 9. The van der Waals surface area contributed by atoms with Gasteiger partial charge in [0.05, 0.1) is 11.5 Å². The molecule has 0 bridgehead atoms. The van der Waals surface area contributed by atoms with Crippen molar-refractivity contribution in [3.05, 3.63) is 89.0 Å². The summed E-state index contributed by atoms with van der Waals surface area (Å²) in [5.74, 6) is 0.963. The van der Waals surface area contributed by atoms with Crippen LogP contribution in [0.25, 0.3) is 16.0 Å². The summed E-state index contributed by atoms with van der Waals surface area (Å²) in [6.45, 7) is 4.09. The lowest BCUT2D eigenvalue weighted by molar-refractivity contribution is -0.114. The Kier molecular flexibility index (Phi) is 7.65. The van der Waals surface area contributed by atoms with Crippen molar-refractivity contribution in [2.45, 2.75) is 26.6 Å². The first-order valence-electron chi connectivity index (χ1n) is 11.1. The van der Waals surface area contributed by atoms with Crippen molar-refractivity contribution in [2.24, 2.45) is 0 Å². The van der Waals surface area contributed by atoms with Gasteiger partial charge in [0.2, 0.25) is 0 Å². The lowest BCUT2D eigenvalue weighted by Crippen LogP contribution is -2.21. The van der Waals surface area contributed by atoms with Crippen LogP contribution in [0.3, 0.4) is 0 Å². The van der Waals surface area contributed by atoms with Crippen LogP contribution in [-0.2, 0) is 22.4 Å². The van der Waals surface area contributed by atoms with E-state index in [4.69, 9.17) is 14.6 Å². The zero-order valence-electron chi connectivity index (χ0n) is 19.5. The average molecular weight is 494 g/mol. The molecule has 0 spiro atoms. The van der Waals surface area contributed by atoms with E-state index < -0.39 is 17.1 Å². The Morgan fingerprint density at radius 1 is 0.943 bits per heavy atom. The molecule has 0 saturated carbocycles. The van der Waals surface area contributed by atoms with Gasteiger partial charge >= 0.3 is 0 Å². The number of ether oxygens (including phenoxy) is 2. The van der Waals surface area contributed by atoms with Crippen molar-refractivity contribution in [2.75, 3.05) is 13.2 Å². The second-order valence-electron chi connectivity index (χ2n) is 8.34. The van der Waals surface area contributed by atoms with E-state index in [1.165, 1.54) is 6.08 Å². The van der Waals surface area contributed by atoms with E-state index in [9.17, 15) is 14.1 Å². The molecule has 1 unspecified atom stereocenters. The number of nitrogens with one attached hydrogen (secondary N) is 1. The van der Waals surface area contributed by atoms with Gasteiger partial charge in [-0.05, 0) is 77.6 Å². The van der Waals surface area contributed by atoms with Gasteiger partial charge in [0.1, 0.15) is 30.8 Å². The van der Waals surface area contributed by atoms with Crippen molar-refractivity contribution >= 4 is 21.8 Å². The third-order valence-corrected chi connectivity index (χ3v) is 6.71. The molecule has 7 nitrogen and oxygen atoms in total. The maximum Gasteiger partial charge on any atom is 0.257 e. The summed E-state index contributed by atoms with van der Waals surface area (Å²) in [6.07, 6.45) is 0.437. The molecule has 0 aliphatic carbocycles. The van der Waals surface area contributed by atoms with Crippen LogP contribution in [0.2, 0.25) is 0 Å². The van der Waals surface area contributed by atoms with Gasteiger partial charge in [-0.15, -0.1) is 0 Å². The minimum Gasteiger partial charge on any atom is -0.491 e. The summed E-state index contributed by atoms with van der Waals surface area (Å²) in [4.78, 5) is 11.8. The summed E-state index contributed by atoms with van der Waals surface area (Å²) in [7, 11) is -1.52. The number of carbonyl (C=O) groups is 1. The highest BCUT2D eigenvalue weighted by molar-refractivity contribution is 7.93. The fraction of sp³-hybridized carbons (Fsp3) is 0.222. The SMILES string of the molecule is Cc1cc(OC[C@H](O)CO)cc(C)c1-c1cccc(COc2ccc(C3=CC(=O)NS3=O)cc2)c1. The molecule has 0 saturated heterocycles. The van der Waals surface area contributed by atoms with E-state index in [1.807, 2.05) is 38.1 Å². The number of amides is 1. The van der Waals surface area contributed by atoms with Crippen molar-refractivity contribution in [3.8, 4) is 22.6 Å². The molecule has 4 rings (SSSR count). The van der Waals surface area contributed by atoms with E-state index in [2.05, 4.69) is 16.9 Å². The first kappa shape index (κ1) is 24.7. The van der Waals surface area contributed by atoms with Gasteiger partial charge < -0.3 is 19.7 Å². The maximum atomic E-state index is 11.9. The number of aliphatic hydroxyl groups excluding tert-OH is 2. The highest BCUT2D eigenvalue weighted by Crippen LogP contribution is 2.32. The van der Waals surface area contributed by atoms with Crippen LogP contribution in [0, 0.1) is 13.8 Å². The number of aliphatic hydroxyl groups is 2. The van der Waals surface area contributed by atoms with Gasteiger partial charge in [0.25, 0.3) is 5.91 Å². The molecule has 3 N–H and O–H groups in total. The van der Waals surface area contributed by atoms with Crippen LogP contribution < -0.4 is 14.2 Å². The predicted molar refractivity (Wildman–Crippen MR) is 135 cm³/mol. The van der Waals surface area contributed by atoms with Gasteiger partial charge in [-0.2, -0.15) is 0 Å². The number of carbonyl (C=O) groups excluding carboxylic acids is 1. The highest BCUT2D eigenvalue weighted by atomic mass is 32.2. The van der Waals surface area contributed by atoms with Gasteiger partial charge in [-0.3, -0.25) is 9.52 Å². The van der Waals surface area contributed by atoms with Crippen LogP contribution in [-0.4, -0.2) is 39.6 Å². The average Bonchev–Trinajstić information content (AvgIpc) is 3.19. The van der Waals surface area contributed by atoms with E-state index in [-0.39, 0.29) is 19.1 Å². The fourth-order valence-electron chi connectivity index (χ4n) is 3.95. The quantitative estimate of drug-likeness (QED) is 0.422. The van der Waals surface area contributed by atoms with Crippen molar-refractivity contribution in [1.82, 2.24) is 4.72 Å². The van der Waals surface area contributed by atoms with Gasteiger partial charge in [0.15, 0.2) is 11.0 Å². The molecule has 1 amide bonds. The third-order valence-electron chi connectivity index (χ3n) is 5.57. The normalized spacial score (nSPS) is 15.9. The summed E-state index contributed by atoms with van der Waals surface area (Å²) in [6, 6.07) is 19.1. The Morgan fingerprint density at radius 2 is 1.66 bits per heavy atom. The molecule has 1 aliphatic heterocycles. The lowest BCUT2D eigenvalue weighted by Gasteiger charge is -2.16. The number of hydrogen-bond acceptors (Lipinski definition) is 6. The Bertz CT molecular complexity index is 1260. The molecular weight excluding hydrogens is 466 g/mol. The Labute approximate surface area is 206 Å². The highest BCUT2D eigenvalue weighted by Gasteiger charge is 2.20. The van der Waals surface area contributed by atoms with E-state index in [0.717, 1.165) is 27.8 Å². The van der Waals surface area contributed by atoms with Gasteiger partial charge in [-0.1, -0.05) is 30.3 Å². The third kappa shape index (κ3) is 5.97. The molecule has 3 aromatic rings. The maximum absolute atomic E-state index is 11.9. The zero-order chi connectivity index (χ0) is 24.9. The topological polar surface area (TPSA) is 105 Å². The molecule has 0 fully saturated rings.